The Morgan fingerprint density at radius 1 is 1.21 bits per heavy atom. The maximum absolute atomic E-state index is 13.0. The van der Waals surface area contributed by atoms with Gasteiger partial charge in [0.25, 0.3) is 0 Å². The number of nitrogen functional groups attached to an aromatic ring is 1. The second kappa shape index (κ2) is 6.05. The van der Waals surface area contributed by atoms with Gasteiger partial charge in [0, 0.05) is 0 Å². The highest BCUT2D eigenvalue weighted by molar-refractivity contribution is 7.91. The van der Waals surface area contributed by atoms with Crippen LogP contribution in [0.25, 0.3) is 0 Å². The van der Waals surface area contributed by atoms with Crippen molar-refractivity contribution >= 4 is 15.5 Å². The molecule has 0 heterocycles. The minimum Gasteiger partial charge on any atom is -0.497 e. The average Bonchev–Trinajstić information content (AvgIpc) is 2.53. The number of nitriles is 1. The summed E-state index contributed by atoms with van der Waals surface area (Å²) in [4.78, 5) is -1.11. The average molecular weight is 356 g/mol. The van der Waals surface area contributed by atoms with Gasteiger partial charge in [-0.2, -0.15) is 18.4 Å². The number of benzene rings is 2. The summed E-state index contributed by atoms with van der Waals surface area (Å²) in [5.41, 5.74) is 3.98. The Hall–Kier alpha value is -2.73. The molecule has 2 N–H and O–H groups in total. The van der Waals surface area contributed by atoms with E-state index < -0.39 is 31.4 Å². The summed E-state index contributed by atoms with van der Waals surface area (Å²) in [6.45, 7) is 0. The maximum atomic E-state index is 13.0. The number of sulfone groups is 1. The van der Waals surface area contributed by atoms with Crippen LogP contribution in [0.4, 0.5) is 18.9 Å². The van der Waals surface area contributed by atoms with Gasteiger partial charge in [0.15, 0.2) is 0 Å². The van der Waals surface area contributed by atoms with Gasteiger partial charge in [-0.3, -0.25) is 0 Å². The molecule has 24 heavy (non-hydrogen) atoms. The van der Waals surface area contributed by atoms with Crippen molar-refractivity contribution in [2.75, 3.05) is 12.8 Å². The number of alkyl halides is 3. The second-order valence-corrected chi connectivity index (χ2v) is 6.65. The summed E-state index contributed by atoms with van der Waals surface area (Å²) in [7, 11) is -3.28. The van der Waals surface area contributed by atoms with Gasteiger partial charge in [0.1, 0.15) is 11.8 Å². The number of nitrogens with two attached hydrogens (primary N) is 1. The topological polar surface area (TPSA) is 93.2 Å². The molecule has 0 fully saturated rings. The first-order valence-corrected chi connectivity index (χ1v) is 7.89. The minimum absolute atomic E-state index is 0.0856. The van der Waals surface area contributed by atoms with Crippen molar-refractivity contribution in [2.24, 2.45) is 0 Å². The first-order chi connectivity index (χ1) is 11.1. The lowest BCUT2D eigenvalue weighted by Crippen LogP contribution is -2.10. The van der Waals surface area contributed by atoms with Crippen molar-refractivity contribution < 1.29 is 26.3 Å². The molecular formula is C15H11F3N2O3S. The first-order valence-electron chi connectivity index (χ1n) is 6.41. The molecule has 0 bridgehead atoms. The Morgan fingerprint density at radius 3 is 2.42 bits per heavy atom. The summed E-state index contributed by atoms with van der Waals surface area (Å²) < 4.78 is 69.0. The van der Waals surface area contributed by atoms with Gasteiger partial charge < -0.3 is 10.5 Å². The predicted octanol–water partition coefficient (Wildman–Crippen LogP) is 3.00. The third-order valence-corrected chi connectivity index (χ3v) is 4.99. The minimum atomic E-state index is -4.76. The van der Waals surface area contributed by atoms with E-state index in [1.165, 1.54) is 12.1 Å². The van der Waals surface area contributed by atoms with E-state index >= 15 is 0 Å². The molecule has 0 aromatic heterocycles. The van der Waals surface area contributed by atoms with Crippen LogP contribution in [0.1, 0.15) is 11.1 Å². The molecule has 2 aromatic carbocycles. The number of halogens is 3. The summed E-state index contributed by atoms with van der Waals surface area (Å²) in [5, 5.41) is 9.09. The second-order valence-electron chi connectivity index (χ2n) is 4.73. The van der Waals surface area contributed by atoms with Gasteiger partial charge in [-0.1, -0.05) is 6.07 Å². The highest BCUT2D eigenvalue weighted by Crippen LogP contribution is 2.36. The number of ether oxygens (including phenoxy) is 1. The number of methoxy groups -OCH3 is 1. The van der Waals surface area contributed by atoms with Gasteiger partial charge in [0.05, 0.1) is 33.7 Å². The third kappa shape index (κ3) is 3.14. The first kappa shape index (κ1) is 17.6. The molecule has 0 unspecified atom stereocenters. The monoisotopic (exact) mass is 356 g/mol. The molecule has 9 heteroatoms. The molecule has 5 nitrogen and oxygen atoms in total. The van der Waals surface area contributed by atoms with Gasteiger partial charge in [-0.15, -0.1) is 0 Å². The van der Waals surface area contributed by atoms with Crippen LogP contribution in [-0.4, -0.2) is 15.5 Å². The maximum Gasteiger partial charge on any atom is 0.416 e. The molecule has 0 saturated heterocycles. The van der Waals surface area contributed by atoms with E-state index in [1.807, 2.05) is 0 Å². The molecule has 0 aliphatic heterocycles. The number of anilines is 1. The van der Waals surface area contributed by atoms with Gasteiger partial charge in [-0.25, -0.2) is 8.42 Å². The highest BCUT2D eigenvalue weighted by atomic mass is 32.2. The zero-order chi connectivity index (χ0) is 18.1. The van der Waals surface area contributed by atoms with E-state index in [0.717, 1.165) is 19.2 Å². The Kier molecular flexibility index (Phi) is 4.44. The largest absolute Gasteiger partial charge is 0.497 e. The molecule has 0 aliphatic rings. The number of nitrogens with zero attached hydrogens (tertiary/aromatic N) is 1. The van der Waals surface area contributed by atoms with Gasteiger partial charge in [-0.05, 0) is 30.3 Å². The SMILES string of the molecule is COc1cc(C(F)(F)F)cc(S(=O)(=O)c2cccc(N)c2C#N)c1. The molecule has 0 aliphatic carbocycles. The molecule has 2 aromatic rings. The van der Waals surface area contributed by atoms with E-state index in [1.54, 1.807) is 6.07 Å². The normalized spacial score (nSPS) is 11.8. The van der Waals surface area contributed by atoms with E-state index in [4.69, 9.17) is 15.7 Å². The van der Waals surface area contributed by atoms with Crippen molar-refractivity contribution in [3.05, 3.63) is 47.5 Å². The predicted molar refractivity (Wildman–Crippen MR) is 79.0 cm³/mol. The zero-order valence-electron chi connectivity index (χ0n) is 12.3. The standard InChI is InChI=1S/C15H11F3N2O3S/c1-23-10-5-9(15(16,17)18)6-11(7-10)24(21,22)14-4-2-3-13(20)12(14)8-19/h2-7H,20H2,1H3. The Labute approximate surface area is 136 Å². The lowest BCUT2D eigenvalue weighted by molar-refractivity contribution is -0.137. The van der Waals surface area contributed by atoms with Crippen molar-refractivity contribution in [1.82, 2.24) is 0 Å². The van der Waals surface area contributed by atoms with Crippen LogP contribution in [0.15, 0.2) is 46.2 Å². The van der Waals surface area contributed by atoms with Crippen LogP contribution < -0.4 is 10.5 Å². The Balaban J connectivity index is 2.76. The number of hydrogen-bond donors (Lipinski definition) is 1. The quantitative estimate of drug-likeness (QED) is 0.854. The molecule has 0 atom stereocenters. The summed E-state index contributed by atoms with van der Waals surface area (Å²) in [6, 6.07) is 7.51. The fraction of sp³-hybridized carbons (Fsp3) is 0.133. The third-order valence-electron chi connectivity index (χ3n) is 3.21. The van der Waals surface area contributed by atoms with Crippen molar-refractivity contribution in [2.45, 2.75) is 16.0 Å². The summed E-state index contributed by atoms with van der Waals surface area (Å²) in [5.74, 6) is -0.272. The Morgan fingerprint density at radius 2 is 1.88 bits per heavy atom. The van der Waals surface area contributed by atoms with E-state index in [-0.39, 0.29) is 17.0 Å². The molecular weight excluding hydrogens is 345 g/mol. The molecule has 126 valence electrons. The van der Waals surface area contributed by atoms with Crippen molar-refractivity contribution in [1.29, 1.82) is 5.26 Å². The fourth-order valence-electron chi connectivity index (χ4n) is 2.03. The summed E-state index contributed by atoms with van der Waals surface area (Å²) >= 11 is 0. The Bertz CT molecular complexity index is 932. The van der Waals surface area contributed by atoms with Crippen LogP contribution in [0.2, 0.25) is 0 Å². The lowest BCUT2D eigenvalue weighted by atomic mass is 10.2. The van der Waals surface area contributed by atoms with Gasteiger partial charge in [0.2, 0.25) is 9.84 Å². The summed E-state index contributed by atoms with van der Waals surface area (Å²) in [6.07, 6.45) is -4.76. The van der Waals surface area contributed by atoms with Crippen LogP contribution in [0.3, 0.4) is 0 Å². The van der Waals surface area contributed by atoms with E-state index in [0.29, 0.717) is 12.1 Å². The molecule has 0 amide bonds. The van der Waals surface area contributed by atoms with E-state index in [9.17, 15) is 21.6 Å². The lowest BCUT2D eigenvalue weighted by Gasteiger charge is -2.13. The van der Waals surface area contributed by atoms with Crippen LogP contribution >= 0.6 is 0 Å². The van der Waals surface area contributed by atoms with Crippen LogP contribution in [-0.2, 0) is 16.0 Å². The number of hydrogen-bond acceptors (Lipinski definition) is 5. The van der Waals surface area contributed by atoms with Crippen LogP contribution in [0.5, 0.6) is 5.75 Å². The van der Waals surface area contributed by atoms with Gasteiger partial charge >= 0.3 is 6.18 Å². The smallest absolute Gasteiger partial charge is 0.416 e. The van der Waals surface area contributed by atoms with Crippen molar-refractivity contribution in [3.8, 4) is 11.8 Å². The van der Waals surface area contributed by atoms with Crippen LogP contribution in [0, 0.1) is 11.3 Å². The van der Waals surface area contributed by atoms with E-state index in [2.05, 4.69) is 0 Å². The van der Waals surface area contributed by atoms with Crippen molar-refractivity contribution in [3.63, 3.8) is 0 Å². The fourth-order valence-corrected chi connectivity index (χ4v) is 3.52. The molecule has 2 rings (SSSR count). The molecule has 0 spiro atoms. The highest BCUT2D eigenvalue weighted by Gasteiger charge is 2.33. The zero-order valence-corrected chi connectivity index (χ0v) is 13.1. The molecule has 0 saturated carbocycles. The molecule has 0 radical (unpaired) electrons. The number of rotatable bonds is 3.